The maximum Gasteiger partial charge on any atom is 0.416 e. The predicted molar refractivity (Wildman–Crippen MR) is 171 cm³/mol. The Bertz CT molecular complexity index is 1750. The molecule has 1 amide bonds. The van der Waals surface area contributed by atoms with E-state index in [4.69, 9.17) is 9.72 Å². The Morgan fingerprint density at radius 1 is 1.16 bits per heavy atom. The minimum Gasteiger partial charge on any atom is -0.497 e. The summed E-state index contributed by atoms with van der Waals surface area (Å²) in [7, 11) is 1.57. The molecule has 1 fully saturated rings. The summed E-state index contributed by atoms with van der Waals surface area (Å²) in [5, 5.41) is 5.47. The van der Waals surface area contributed by atoms with E-state index >= 15 is 0 Å². The maximum absolute atomic E-state index is 14.6. The lowest BCUT2D eigenvalue weighted by atomic mass is 9.98. The van der Waals surface area contributed by atoms with Crippen molar-refractivity contribution >= 4 is 17.2 Å². The fourth-order valence-corrected chi connectivity index (χ4v) is 6.50. The molecule has 0 saturated carbocycles. The second-order valence-corrected chi connectivity index (χ2v) is 12.6. The number of hydrogen-bond acceptors (Lipinski definition) is 6. The molecule has 0 radical (unpaired) electrons. The average molecular weight is 639 g/mol. The summed E-state index contributed by atoms with van der Waals surface area (Å²) in [6.07, 6.45) is -3.32. The van der Waals surface area contributed by atoms with Crippen molar-refractivity contribution in [2.45, 2.75) is 52.8 Å². The van der Waals surface area contributed by atoms with Gasteiger partial charge in [0.1, 0.15) is 10.8 Å². The minimum absolute atomic E-state index is 0.122. The number of halogens is 3. The molecule has 1 atom stereocenters. The third kappa shape index (κ3) is 6.84. The van der Waals surface area contributed by atoms with Crippen LogP contribution in [0.15, 0.2) is 58.7 Å². The van der Waals surface area contributed by atoms with Gasteiger partial charge in [-0.25, -0.2) is 4.98 Å². The molecule has 11 heteroatoms. The van der Waals surface area contributed by atoms with Crippen molar-refractivity contribution in [3.05, 3.63) is 86.6 Å². The number of hydrogen-bond donors (Lipinski definition) is 1. The van der Waals surface area contributed by atoms with E-state index in [-0.39, 0.29) is 29.0 Å². The van der Waals surface area contributed by atoms with Gasteiger partial charge in [-0.05, 0) is 55.5 Å². The Balaban J connectivity index is 1.74. The van der Waals surface area contributed by atoms with Crippen LogP contribution in [-0.4, -0.2) is 53.1 Å². The smallest absolute Gasteiger partial charge is 0.416 e. The van der Waals surface area contributed by atoms with Gasteiger partial charge >= 0.3 is 6.18 Å². The van der Waals surface area contributed by atoms with Crippen molar-refractivity contribution in [1.82, 2.24) is 19.8 Å². The summed E-state index contributed by atoms with van der Waals surface area (Å²) in [5.74, 6) is 0.559. The zero-order chi connectivity index (χ0) is 32.5. The zero-order valence-electron chi connectivity index (χ0n) is 26.0. The van der Waals surface area contributed by atoms with Crippen LogP contribution in [0.2, 0.25) is 0 Å². The Morgan fingerprint density at radius 3 is 2.51 bits per heavy atom. The fraction of sp³-hybridized carbons (Fsp3) is 0.382. The summed E-state index contributed by atoms with van der Waals surface area (Å²) in [5.41, 5.74) is 2.73. The Morgan fingerprint density at radius 2 is 1.89 bits per heavy atom. The SMILES string of the molecule is CCc1ccc(OC)cc1-n1c(CC(C)C)c(C(=O)N2CCN[C@H](C)C2)cc(-c2nc(-c3ccc(C(F)(F)F)cc3)cs2)c1=O. The van der Waals surface area contributed by atoms with Crippen LogP contribution in [0.5, 0.6) is 5.75 Å². The quantitative estimate of drug-likeness (QED) is 0.229. The number of thiazole rings is 1. The molecule has 4 aromatic rings. The molecule has 0 bridgehead atoms. The van der Waals surface area contributed by atoms with Crippen molar-refractivity contribution in [2.24, 2.45) is 5.92 Å². The number of amides is 1. The highest BCUT2D eigenvalue weighted by Crippen LogP contribution is 2.34. The molecule has 0 aliphatic carbocycles. The average Bonchev–Trinajstić information content (AvgIpc) is 3.50. The summed E-state index contributed by atoms with van der Waals surface area (Å²) >= 11 is 1.21. The van der Waals surface area contributed by atoms with Gasteiger partial charge in [-0.15, -0.1) is 11.3 Å². The largest absolute Gasteiger partial charge is 0.497 e. The second kappa shape index (κ2) is 13.2. The van der Waals surface area contributed by atoms with Gasteiger partial charge in [0.2, 0.25) is 0 Å². The molecule has 1 aliphatic heterocycles. The zero-order valence-corrected chi connectivity index (χ0v) is 26.8. The van der Waals surface area contributed by atoms with Gasteiger partial charge in [-0.1, -0.05) is 39.0 Å². The second-order valence-electron chi connectivity index (χ2n) is 11.7. The first kappa shape index (κ1) is 32.4. The Labute approximate surface area is 264 Å². The number of benzene rings is 2. The van der Waals surface area contributed by atoms with Crippen LogP contribution in [0, 0.1) is 5.92 Å². The van der Waals surface area contributed by atoms with Gasteiger partial charge in [0, 0.05) is 48.4 Å². The van der Waals surface area contributed by atoms with Gasteiger partial charge in [-0.2, -0.15) is 13.2 Å². The van der Waals surface area contributed by atoms with Crippen LogP contribution < -0.4 is 15.6 Å². The minimum atomic E-state index is -4.45. The number of alkyl halides is 3. The normalized spacial score (nSPS) is 15.5. The highest BCUT2D eigenvalue weighted by molar-refractivity contribution is 7.13. The molecule has 238 valence electrons. The molecule has 3 heterocycles. The molecule has 2 aromatic heterocycles. The van der Waals surface area contributed by atoms with Crippen molar-refractivity contribution in [1.29, 1.82) is 0 Å². The number of aryl methyl sites for hydroxylation is 1. The molecule has 7 nitrogen and oxygen atoms in total. The van der Waals surface area contributed by atoms with Gasteiger partial charge in [0.15, 0.2) is 0 Å². The first-order valence-corrected chi connectivity index (χ1v) is 15.9. The van der Waals surface area contributed by atoms with Crippen LogP contribution in [0.25, 0.3) is 27.5 Å². The van der Waals surface area contributed by atoms with E-state index in [1.54, 1.807) is 23.1 Å². The number of ether oxygens (including phenoxy) is 1. The highest BCUT2D eigenvalue weighted by Gasteiger charge is 2.31. The standard InChI is InChI=1S/C34H37F3N4O3S/c1-6-22-9-12-25(44-5)16-29(22)41-30(15-20(2)3)26(32(42)40-14-13-38-21(4)18-40)17-27(33(41)43)31-39-28(19-45-31)23-7-10-24(11-8-23)34(35,36)37/h7-12,16-17,19-21,38H,6,13-15,18H2,1-5H3/t21-/m1/s1. The van der Waals surface area contributed by atoms with Crippen molar-refractivity contribution in [3.8, 4) is 33.3 Å². The van der Waals surface area contributed by atoms with E-state index in [9.17, 15) is 22.8 Å². The lowest BCUT2D eigenvalue weighted by Gasteiger charge is -2.33. The summed E-state index contributed by atoms with van der Waals surface area (Å²) in [4.78, 5) is 35.4. The summed E-state index contributed by atoms with van der Waals surface area (Å²) in [6.45, 7) is 9.87. The Hall–Kier alpha value is -3.96. The molecule has 1 saturated heterocycles. The fourth-order valence-electron chi connectivity index (χ4n) is 5.66. The van der Waals surface area contributed by atoms with Gasteiger partial charge in [-0.3, -0.25) is 14.2 Å². The van der Waals surface area contributed by atoms with E-state index in [2.05, 4.69) is 5.32 Å². The van der Waals surface area contributed by atoms with E-state index in [0.717, 1.165) is 17.7 Å². The molecule has 1 aliphatic rings. The van der Waals surface area contributed by atoms with Crippen LogP contribution in [0.1, 0.15) is 54.9 Å². The van der Waals surface area contributed by atoms with E-state index in [1.807, 2.05) is 50.8 Å². The number of piperazine rings is 1. The summed E-state index contributed by atoms with van der Waals surface area (Å²) in [6, 6.07) is 12.2. The number of nitrogens with zero attached hydrogens (tertiary/aromatic N) is 3. The number of carbonyl (C=O) groups excluding carboxylic acids is 1. The van der Waals surface area contributed by atoms with Crippen LogP contribution >= 0.6 is 11.3 Å². The number of nitrogens with one attached hydrogen (secondary N) is 1. The first-order valence-electron chi connectivity index (χ1n) is 15.0. The number of carbonyl (C=O) groups is 1. The van der Waals surface area contributed by atoms with E-state index < -0.39 is 11.7 Å². The van der Waals surface area contributed by atoms with E-state index in [0.29, 0.717) is 71.4 Å². The molecular formula is C34H37F3N4O3S. The number of rotatable bonds is 8. The van der Waals surface area contributed by atoms with Crippen molar-refractivity contribution in [3.63, 3.8) is 0 Å². The molecule has 5 rings (SSSR count). The van der Waals surface area contributed by atoms with Gasteiger partial charge in [0.25, 0.3) is 11.5 Å². The molecule has 0 spiro atoms. The Kier molecular flexibility index (Phi) is 9.50. The lowest BCUT2D eigenvalue weighted by molar-refractivity contribution is -0.137. The monoisotopic (exact) mass is 638 g/mol. The molecule has 2 aromatic carbocycles. The third-order valence-corrected chi connectivity index (χ3v) is 8.82. The first-order chi connectivity index (χ1) is 21.4. The number of pyridine rings is 1. The van der Waals surface area contributed by atoms with Gasteiger partial charge < -0.3 is 15.0 Å². The topological polar surface area (TPSA) is 76.5 Å². The maximum atomic E-state index is 14.6. The third-order valence-electron chi connectivity index (χ3n) is 7.95. The summed E-state index contributed by atoms with van der Waals surface area (Å²) < 4.78 is 46.6. The predicted octanol–water partition coefficient (Wildman–Crippen LogP) is 6.85. The van der Waals surface area contributed by atoms with Crippen LogP contribution in [-0.2, 0) is 19.0 Å². The molecule has 1 N–H and O–H groups in total. The van der Waals surface area contributed by atoms with Crippen molar-refractivity contribution < 1.29 is 22.7 Å². The van der Waals surface area contributed by atoms with Crippen molar-refractivity contribution in [2.75, 3.05) is 26.7 Å². The van der Waals surface area contributed by atoms with Gasteiger partial charge in [0.05, 0.1) is 35.2 Å². The number of methoxy groups -OCH3 is 1. The van der Waals surface area contributed by atoms with Crippen LogP contribution in [0.4, 0.5) is 13.2 Å². The molecule has 45 heavy (non-hydrogen) atoms. The highest BCUT2D eigenvalue weighted by atomic mass is 32.1. The van der Waals surface area contributed by atoms with E-state index in [1.165, 1.54) is 23.5 Å². The number of aromatic nitrogens is 2. The van der Waals surface area contributed by atoms with Crippen LogP contribution in [0.3, 0.4) is 0 Å². The lowest BCUT2D eigenvalue weighted by Crippen LogP contribution is -2.51. The molecular weight excluding hydrogens is 601 g/mol. The molecule has 0 unspecified atom stereocenters.